The van der Waals surface area contributed by atoms with Crippen LogP contribution in [0.2, 0.25) is 0 Å². The summed E-state index contributed by atoms with van der Waals surface area (Å²) >= 11 is 0. The topological polar surface area (TPSA) is 92.2 Å². The van der Waals surface area contributed by atoms with Crippen LogP contribution >= 0.6 is 0 Å². The molecule has 0 aromatic heterocycles. The maximum Gasteiger partial charge on any atom is 4.00 e. The van der Waals surface area contributed by atoms with Crippen LogP contribution in [-0.2, 0) is 26.2 Å². The van der Waals surface area contributed by atoms with Crippen LogP contribution in [0.4, 0.5) is 0 Å². The van der Waals surface area contributed by atoms with Crippen molar-refractivity contribution in [2.75, 3.05) is 0 Å². The minimum absolute atomic E-state index is 0. The van der Waals surface area contributed by atoms with Crippen LogP contribution < -0.4 is 20.4 Å². The van der Waals surface area contributed by atoms with Gasteiger partial charge in [0.1, 0.15) is 0 Å². The van der Waals surface area contributed by atoms with Gasteiger partial charge in [-0.25, -0.2) is 0 Å². The molecular formula is C24H52O4Zr. The van der Waals surface area contributed by atoms with Crippen molar-refractivity contribution in [3.63, 3.8) is 0 Å². The van der Waals surface area contributed by atoms with E-state index in [1.165, 1.54) is 0 Å². The molecule has 0 saturated heterocycles. The molecule has 5 heteroatoms. The molecule has 0 rings (SSSR count). The smallest absolute Gasteiger partial charge is 0.852 e. The van der Waals surface area contributed by atoms with Gasteiger partial charge in [0, 0.05) is 0 Å². The monoisotopic (exact) mass is 494 g/mol. The van der Waals surface area contributed by atoms with E-state index >= 15 is 0 Å². The van der Waals surface area contributed by atoms with Crippen molar-refractivity contribution < 1.29 is 46.6 Å². The van der Waals surface area contributed by atoms with Gasteiger partial charge in [-0.1, -0.05) is 132 Å². The van der Waals surface area contributed by atoms with Gasteiger partial charge in [0.05, 0.1) is 0 Å². The average molecular weight is 496 g/mol. The quantitative estimate of drug-likeness (QED) is 0.413. The Morgan fingerprint density at radius 3 is 0.552 bits per heavy atom. The van der Waals surface area contributed by atoms with Crippen molar-refractivity contribution >= 4 is 0 Å². The third kappa shape index (κ3) is 47.8. The zero-order valence-corrected chi connectivity index (χ0v) is 23.4. The van der Waals surface area contributed by atoms with Crippen LogP contribution in [0.15, 0.2) is 0 Å². The molecule has 0 spiro atoms. The zero-order chi connectivity index (χ0) is 22.8. The van der Waals surface area contributed by atoms with Crippen LogP contribution in [0.3, 0.4) is 0 Å². The van der Waals surface area contributed by atoms with Gasteiger partial charge in [0.25, 0.3) is 0 Å². The molecule has 176 valence electrons. The van der Waals surface area contributed by atoms with Gasteiger partial charge < -0.3 is 20.4 Å². The van der Waals surface area contributed by atoms with E-state index in [0.29, 0.717) is 0 Å². The molecule has 4 atom stereocenters. The maximum absolute atomic E-state index is 10.5. The third-order valence-electron chi connectivity index (χ3n) is 4.26. The molecule has 0 aromatic carbocycles. The predicted octanol–water partition coefficient (Wildman–Crippen LogP) is 3.70. The van der Waals surface area contributed by atoms with Gasteiger partial charge in [0.2, 0.25) is 0 Å². The molecular weight excluding hydrogens is 443 g/mol. The van der Waals surface area contributed by atoms with Gasteiger partial charge in [-0.15, -0.1) is 24.4 Å². The number of rotatable bonds is 12. The summed E-state index contributed by atoms with van der Waals surface area (Å²) in [4.78, 5) is 0. The molecule has 0 aliphatic carbocycles. The average Bonchev–Trinajstić information content (AvgIpc) is 2.70. The first-order chi connectivity index (χ1) is 13.2. The Kier molecular flexibility index (Phi) is 50.0. The minimum atomic E-state index is -0.301. The van der Waals surface area contributed by atoms with Crippen molar-refractivity contribution in [1.82, 2.24) is 0 Å². The summed E-state index contributed by atoms with van der Waals surface area (Å²) in [5.74, 6) is 0. The van der Waals surface area contributed by atoms with Gasteiger partial charge >= 0.3 is 26.2 Å². The fourth-order valence-corrected chi connectivity index (χ4v) is 2.10. The normalized spacial score (nSPS) is 13.7. The van der Waals surface area contributed by atoms with Gasteiger partial charge in [-0.05, 0) is 0 Å². The minimum Gasteiger partial charge on any atom is -0.852 e. The Labute approximate surface area is 203 Å². The Balaban J connectivity index is -0.0000000873. The molecule has 4 nitrogen and oxygen atoms in total. The summed E-state index contributed by atoms with van der Waals surface area (Å²) in [6.45, 7) is 15.9. The summed E-state index contributed by atoms with van der Waals surface area (Å²) in [6.07, 6.45) is 9.43. The Bertz CT molecular complexity index is 195. The number of hydrogen-bond donors (Lipinski definition) is 0. The van der Waals surface area contributed by atoms with E-state index in [9.17, 15) is 20.4 Å². The van der Waals surface area contributed by atoms with Gasteiger partial charge in [-0.2, -0.15) is 0 Å². The van der Waals surface area contributed by atoms with Crippen LogP contribution in [-0.4, -0.2) is 24.4 Å². The Morgan fingerprint density at radius 2 is 0.517 bits per heavy atom. The first kappa shape index (κ1) is 40.1. The zero-order valence-electron chi connectivity index (χ0n) is 20.9. The first-order valence-electron chi connectivity index (χ1n) is 11.9. The van der Waals surface area contributed by atoms with E-state index < -0.39 is 0 Å². The summed E-state index contributed by atoms with van der Waals surface area (Å²) in [5.41, 5.74) is 0. The van der Waals surface area contributed by atoms with E-state index in [-0.39, 0.29) is 50.6 Å². The molecule has 0 heterocycles. The first-order valence-corrected chi connectivity index (χ1v) is 11.9. The Morgan fingerprint density at radius 1 is 0.379 bits per heavy atom. The fourth-order valence-electron chi connectivity index (χ4n) is 2.10. The van der Waals surface area contributed by atoms with Crippen molar-refractivity contribution in [3.8, 4) is 0 Å². The number of hydrogen-bond acceptors (Lipinski definition) is 4. The standard InChI is InChI=1S/4C6H13O.Zr/c4*1-3-5-6(7)4-2;/h4*6H,3-5H2,1-2H3;/q4*-1;+4. The second kappa shape index (κ2) is 36.1. The predicted molar refractivity (Wildman–Crippen MR) is 116 cm³/mol. The molecule has 0 radical (unpaired) electrons. The van der Waals surface area contributed by atoms with E-state index in [4.69, 9.17) is 0 Å². The molecule has 0 N–H and O–H groups in total. The Hall–Kier alpha value is 0.723. The van der Waals surface area contributed by atoms with Gasteiger partial charge in [-0.3, -0.25) is 0 Å². The van der Waals surface area contributed by atoms with Crippen molar-refractivity contribution in [2.45, 2.75) is 157 Å². The molecule has 0 aliphatic heterocycles. The molecule has 0 aromatic rings. The molecule has 0 bridgehead atoms. The maximum atomic E-state index is 10.5. The van der Waals surface area contributed by atoms with Crippen LogP contribution in [0, 0.1) is 0 Å². The molecule has 4 unspecified atom stereocenters. The van der Waals surface area contributed by atoms with E-state index in [1.54, 1.807) is 0 Å². The molecule has 29 heavy (non-hydrogen) atoms. The largest absolute Gasteiger partial charge is 4.00 e. The molecule has 0 saturated carbocycles. The van der Waals surface area contributed by atoms with E-state index in [2.05, 4.69) is 0 Å². The molecule has 0 amide bonds. The summed E-state index contributed by atoms with van der Waals surface area (Å²) < 4.78 is 0. The van der Waals surface area contributed by atoms with Crippen molar-refractivity contribution in [2.24, 2.45) is 0 Å². The van der Waals surface area contributed by atoms with Crippen LogP contribution in [0.5, 0.6) is 0 Å². The fraction of sp³-hybridized carbons (Fsp3) is 1.00. The summed E-state index contributed by atoms with van der Waals surface area (Å²) in [5, 5.41) is 42.0. The van der Waals surface area contributed by atoms with Crippen molar-refractivity contribution in [3.05, 3.63) is 0 Å². The second-order valence-electron chi connectivity index (χ2n) is 7.28. The SMILES string of the molecule is CCCC([O-])CC.CCCC([O-])CC.CCCC([O-])CC.CCCC([O-])CC.[Zr+4]. The van der Waals surface area contributed by atoms with Crippen molar-refractivity contribution in [1.29, 1.82) is 0 Å². The molecule has 0 fully saturated rings. The van der Waals surface area contributed by atoms with E-state index in [1.807, 2.05) is 55.4 Å². The van der Waals surface area contributed by atoms with E-state index in [0.717, 1.165) is 77.0 Å². The van der Waals surface area contributed by atoms with Crippen LogP contribution in [0.1, 0.15) is 132 Å². The molecule has 0 aliphatic rings. The summed E-state index contributed by atoms with van der Waals surface area (Å²) in [7, 11) is 0. The van der Waals surface area contributed by atoms with Gasteiger partial charge in [0.15, 0.2) is 0 Å². The third-order valence-corrected chi connectivity index (χ3v) is 4.26. The van der Waals surface area contributed by atoms with Crippen LogP contribution in [0.25, 0.3) is 0 Å². The summed E-state index contributed by atoms with van der Waals surface area (Å²) in [6, 6.07) is 0. The second-order valence-corrected chi connectivity index (χ2v) is 7.28.